The molecule has 0 saturated carbocycles. The van der Waals surface area contributed by atoms with E-state index in [4.69, 9.17) is 11.6 Å². The first-order valence-electron chi connectivity index (χ1n) is 8.48. The van der Waals surface area contributed by atoms with Crippen LogP contribution in [-0.4, -0.2) is 13.4 Å². The van der Waals surface area contributed by atoms with Crippen LogP contribution in [0.2, 0.25) is 5.02 Å². The van der Waals surface area contributed by atoms with Gasteiger partial charge in [-0.25, -0.2) is 18.1 Å². The minimum absolute atomic E-state index is 0.197. The van der Waals surface area contributed by atoms with E-state index in [9.17, 15) is 8.42 Å². The Morgan fingerprint density at radius 3 is 2.33 bits per heavy atom. The van der Waals surface area contributed by atoms with Crippen LogP contribution >= 0.6 is 22.9 Å². The normalized spacial score (nSPS) is 11.7. The zero-order valence-corrected chi connectivity index (χ0v) is 18.0. The highest BCUT2D eigenvalue weighted by Crippen LogP contribution is 2.33. The number of halogens is 1. The molecule has 0 aliphatic carbocycles. The molecule has 0 aliphatic heterocycles. The van der Waals surface area contributed by atoms with Gasteiger partial charge in [0.25, 0.3) is 0 Å². The van der Waals surface area contributed by atoms with Gasteiger partial charge in [0.2, 0.25) is 10.0 Å². The Labute approximate surface area is 169 Å². The highest BCUT2D eigenvalue weighted by molar-refractivity contribution is 7.89. The maximum Gasteiger partial charge on any atom is 0.241 e. The molecule has 4 nitrogen and oxygen atoms in total. The Kier molecular flexibility index (Phi) is 5.72. The number of hydrogen-bond acceptors (Lipinski definition) is 4. The quantitative estimate of drug-likeness (QED) is 0.618. The van der Waals surface area contributed by atoms with Gasteiger partial charge in [0.15, 0.2) is 0 Å². The fourth-order valence-electron chi connectivity index (χ4n) is 3.17. The van der Waals surface area contributed by atoms with Gasteiger partial charge in [-0.3, -0.25) is 0 Å². The van der Waals surface area contributed by atoms with Gasteiger partial charge in [-0.2, -0.15) is 0 Å². The molecule has 2 aromatic carbocycles. The average Bonchev–Trinajstić information content (AvgIpc) is 2.93. The molecule has 0 fully saturated rings. The molecule has 0 radical (unpaired) electrons. The second kappa shape index (κ2) is 7.72. The summed E-state index contributed by atoms with van der Waals surface area (Å²) < 4.78 is 28.4. The monoisotopic (exact) mass is 420 g/mol. The number of sulfonamides is 1. The lowest BCUT2D eigenvalue weighted by molar-refractivity contribution is 0.580. The summed E-state index contributed by atoms with van der Waals surface area (Å²) in [6.45, 7) is 7.68. The first-order valence-corrected chi connectivity index (χ1v) is 11.2. The van der Waals surface area contributed by atoms with E-state index in [2.05, 4.69) is 9.71 Å². The Morgan fingerprint density at radius 1 is 1.07 bits per heavy atom. The molecule has 0 unspecified atom stereocenters. The zero-order chi connectivity index (χ0) is 19.8. The molecule has 0 spiro atoms. The van der Waals surface area contributed by atoms with Crippen LogP contribution in [0.4, 0.5) is 0 Å². The van der Waals surface area contributed by atoms with E-state index < -0.39 is 10.0 Å². The summed E-state index contributed by atoms with van der Waals surface area (Å²) in [5.41, 5.74) is 4.20. The summed E-state index contributed by atoms with van der Waals surface area (Å²) in [5, 5.41) is 1.42. The Balaban J connectivity index is 1.86. The van der Waals surface area contributed by atoms with Crippen molar-refractivity contribution >= 4 is 33.0 Å². The predicted molar refractivity (Wildman–Crippen MR) is 112 cm³/mol. The average molecular weight is 421 g/mol. The van der Waals surface area contributed by atoms with Crippen molar-refractivity contribution in [3.05, 3.63) is 68.7 Å². The van der Waals surface area contributed by atoms with Crippen molar-refractivity contribution in [1.82, 2.24) is 9.71 Å². The molecule has 0 aliphatic rings. The first-order chi connectivity index (χ1) is 12.7. The Hall–Kier alpha value is -1.73. The number of aromatic nitrogens is 1. The van der Waals surface area contributed by atoms with Crippen LogP contribution in [0.25, 0.3) is 10.6 Å². The fraction of sp³-hybridized carbons (Fsp3) is 0.250. The molecule has 0 bridgehead atoms. The van der Waals surface area contributed by atoms with Gasteiger partial charge in [0.1, 0.15) is 5.01 Å². The third-order valence-electron chi connectivity index (χ3n) is 4.29. The molecule has 142 valence electrons. The number of aryl methyl sites for hydroxylation is 4. The molecule has 0 saturated heterocycles. The molecule has 1 N–H and O–H groups in total. The lowest BCUT2D eigenvalue weighted by Gasteiger charge is -2.12. The smallest absolute Gasteiger partial charge is 0.241 e. The maximum absolute atomic E-state index is 12.9. The summed E-state index contributed by atoms with van der Waals surface area (Å²) in [7, 11) is -3.61. The van der Waals surface area contributed by atoms with Gasteiger partial charge in [0.05, 0.1) is 15.6 Å². The van der Waals surface area contributed by atoms with E-state index in [-0.39, 0.29) is 6.54 Å². The van der Waals surface area contributed by atoms with Crippen LogP contribution in [0.15, 0.2) is 41.3 Å². The van der Waals surface area contributed by atoms with Crippen molar-refractivity contribution < 1.29 is 8.42 Å². The molecule has 1 aromatic heterocycles. The summed E-state index contributed by atoms with van der Waals surface area (Å²) in [5.74, 6) is 0. The number of hydrogen-bond donors (Lipinski definition) is 1. The molecule has 0 atom stereocenters. The zero-order valence-electron chi connectivity index (χ0n) is 15.6. The van der Waals surface area contributed by atoms with E-state index in [1.165, 1.54) is 11.3 Å². The second-order valence-corrected chi connectivity index (χ2v) is 9.75. The van der Waals surface area contributed by atoms with Crippen molar-refractivity contribution in [2.75, 3.05) is 0 Å². The molecule has 3 aromatic rings. The largest absolute Gasteiger partial charge is 0.241 e. The van der Waals surface area contributed by atoms with Crippen LogP contribution in [0.3, 0.4) is 0 Å². The molecule has 7 heteroatoms. The fourth-order valence-corrected chi connectivity index (χ4v) is 6.02. The third-order valence-corrected chi connectivity index (χ3v) is 7.52. The highest BCUT2D eigenvalue weighted by atomic mass is 35.5. The van der Waals surface area contributed by atoms with E-state index in [0.717, 1.165) is 37.8 Å². The van der Waals surface area contributed by atoms with Gasteiger partial charge in [-0.05, 0) is 44.9 Å². The minimum atomic E-state index is -3.61. The van der Waals surface area contributed by atoms with Crippen LogP contribution in [0.1, 0.15) is 27.3 Å². The van der Waals surface area contributed by atoms with Gasteiger partial charge >= 0.3 is 0 Å². The molecule has 0 amide bonds. The van der Waals surface area contributed by atoms with Crippen molar-refractivity contribution in [3.63, 3.8) is 0 Å². The van der Waals surface area contributed by atoms with E-state index in [0.29, 0.717) is 9.92 Å². The topological polar surface area (TPSA) is 59.1 Å². The van der Waals surface area contributed by atoms with Crippen molar-refractivity contribution in [2.45, 2.75) is 39.1 Å². The number of nitrogens with zero attached hydrogens (tertiary/aromatic N) is 1. The molecule has 3 rings (SSSR count). The summed E-state index contributed by atoms with van der Waals surface area (Å²) in [6.07, 6.45) is 0. The van der Waals surface area contributed by atoms with Crippen LogP contribution in [-0.2, 0) is 16.6 Å². The standard InChI is InChI=1S/C20H21ClN2O2S2/c1-12-9-13(2)19(14(3)10-12)27(24,25)22-11-18-15(4)23-20(26-18)16-7-5-6-8-17(16)21/h5-10,22H,11H2,1-4H3. The number of benzene rings is 2. The minimum Gasteiger partial charge on any atom is -0.241 e. The second-order valence-electron chi connectivity index (χ2n) is 6.56. The number of thiazole rings is 1. The van der Waals surface area contributed by atoms with Gasteiger partial charge in [-0.1, -0.05) is 47.5 Å². The lowest BCUT2D eigenvalue weighted by atomic mass is 10.1. The van der Waals surface area contributed by atoms with E-state index >= 15 is 0 Å². The Bertz CT molecular complexity index is 1080. The first kappa shape index (κ1) is 20.0. The molecule has 1 heterocycles. The van der Waals surface area contributed by atoms with E-state index in [1.54, 1.807) is 0 Å². The number of rotatable bonds is 5. The van der Waals surface area contributed by atoms with Gasteiger partial charge < -0.3 is 0 Å². The SMILES string of the molecule is Cc1cc(C)c(S(=O)(=O)NCc2sc(-c3ccccc3Cl)nc2C)c(C)c1. The number of nitrogens with one attached hydrogen (secondary N) is 1. The summed E-state index contributed by atoms with van der Waals surface area (Å²) in [6, 6.07) is 11.3. The molecule has 27 heavy (non-hydrogen) atoms. The van der Waals surface area contributed by atoms with Crippen molar-refractivity contribution in [2.24, 2.45) is 0 Å². The van der Waals surface area contributed by atoms with Crippen molar-refractivity contribution in [1.29, 1.82) is 0 Å². The summed E-state index contributed by atoms with van der Waals surface area (Å²) >= 11 is 7.70. The van der Waals surface area contributed by atoms with Gasteiger partial charge in [0, 0.05) is 17.0 Å². The van der Waals surface area contributed by atoms with E-state index in [1.807, 2.05) is 64.1 Å². The van der Waals surface area contributed by atoms with Crippen LogP contribution in [0.5, 0.6) is 0 Å². The molecular weight excluding hydrogens is 400 g/mol. The van der Waals surface area contributed by atoms with Crippen LogP contribution in [0, 0.1) is 27.7 Å². The third kappa shape index (κ3) is 4.24. The Morgan fingerprint density at radius 2 is 1.70 bits per heavy atom. The van der Waals surface area contributed by atoms with Crippen LogP contribution < -0.4 is 4.72 Å². The van der Waals surface area contributed by atoms with Gasteiger partial charge in [-0.15, -0.1) is 11.3 Å². The summed E-state index contributed by atoms with van der Waals surface area (Å²) in [4.78, 5) is 5.78. The maximum atomic E-state index is 12.9. The predicted octanol–water partition coefficient (Wildman–Crippen LogP) is 5.18. The van der Waals surface area contributed by atoms with Crippen molar-refractivity contribution in [3.8, 4) is 10.6 Å². The molecular formula is C20H21ClN2O2S2. The highest BCUT2D eigenvalue weighted by Gasteiger charge is 2.21. The lowest BCUT2D eigenvalue weighted by Crippen LogP contribution is -2.24.